The van der Waals surface area contributed by atoms with Gasteiger partial charge >= 0.3 is 12.0 Å². The molecule has 0 spiro atoms. The van der Waals surface area contributed by atoms with Crippen LogP contribution in [-0.2, 0) is 11.3 Å². The smallest absolute Gasteiger partial charge is 0.329 e. The maximum atomic E-state index is 11.9. The molecule has 0 saturated heterocycles. The number of carbonyl (C=O) groups excluding carboxylic acids is 1. The zero-order valence-electron chi connectivity index (χ0n) is 11.4. The minimum Gasteiger partial charge on any atom is -0.480 e. The lowest BCUT2D eigenvalue weighted by atomic mass is 9.90. The topological polar surface area (TPSA) is 91.6 Å². The predicted octanol–water partition coefficient (Wildman–Crippen LogP) is 2.26. The van der Waals surface area contributed by atoms with Gasteiger partial charge in [0.05, 0.1) is 12.5 Å². The van der Waals surface area contributed by atoms with E-state index in [1.54, 1.807) is 12.3 Å². The van der Waals surface area contributed by atoms with Gasteiger partial charge in [-0.1, -0.05) is 25.7 Å². The molecule has 0 atom stereocenters. The summed E-state index contributed by atoms with van der Waals surface area (Å²) in [4.78, 5) is 23.5. The maximum Gasteiger partial charge on any atom is 0.329 e. The highest BCUT2D eigenvalue weighted by Gasteiger charge is 2.39. The van der Waals surface area contributed by atoms with E-state index < -0.39 is 17.5 Å². The van der Waals surface area contributed by atoms with Crippen LogP contribution in [0.15, 0.2) is 23.0 Å². The van der Waals surface area contributed by atoms with E-state index in [1.807, 2.05) is 0 Å². The van der Waals surface area contributed by atoms with Crippen molar-refractivity contribution in [2.24, 2.45) is 0 Å². The third-order valence-corrected chi connectivity index (χ3v) is 3.75. The molecule has 110 valence electrons. The molecule has 2 amide bonds. The van der Waals surface area contributed by atoms with Crippen molar-refractivity contribution < 1.29 is 19.1 Å². The largest absolute Gasteiger partial charge is 0.480 e. The van der Waals surface area contributed by atoms with Gasteiger partial charge in [0.25, 0.3) is 0 Å². The molecule has 1 heterocycles. The van der Waals surface area contributed by atoms with E-state index in [4.69, 9.17) is 4.42 Å². The molecule has 3 N–H and O–H groups in total. The number of carbonyl (C=O) groups is 2. The Kier molecular flexibility index (Phi) is 4.65. The molecule has 1 aromatic rings. The first kappa shape index (κ1) is 14.4. The summed E-state index contributed by atoms with van der Waals surface area (Å²) in [5.41, 5.74) is -0.290. The van der Waals surface area contributed by atoms with Gasteiger partial charge in [0.1, 0.15) is 5.54 Å². The van der Waals surface area contributed by atoms with Gasteiger partial charge in [-0.25, -0.2) is 9.59 Å². The van der Waals surface area contributed by atoms with Gasteiger partial charge in [0, 0.05) is 12.1 Å². The van der Waals surface area contributed by atoms with Crippen LogP contribution in [0.5, 0.6) is 0 Å². The van der Waals surface area contributed by atoms with Gasteiger partial charge in [-0.2, -0.15) is 0 Å². The first-order valence-electron chi connectivity index (χ1n) is 6.93. The van der Waals surface area contributed by atoms with E-state index in [1.165, 1.54) is 6.26 Å². The second-order valence-corrected chi connectivity index (χ2v) is 5.24. The SMILES string of the molecule is O=C(NCc1ccoc1)NC1(C(=O)O)CCCCCC1. The summed E-state index contributed by atoms with van der Waals surface area (Å²) < 4.78 is 4.91. The number of carboxylic acid groups (broad SMARTS) is 1. The second-order valence-electron chi connectivity index (χ2n) is 5.24. The molecule has 1 aliphatic rings. The summed E-state index contributed by atoms with van der Waals surface area (Å²) in [7, 11) is 0. The van der Waals surface area contributed by atoms with Crippen LogP contribution in [0.2, 0.25) is 0 Å². The Hall–Kier alpha value is -1.98. The average Bonchev–Trinajstić information content (AvgIpc) is 2.82. The third kappa shape index (κ3) is 3.53. The molecule has 20 heavy (non-hydrogen) atoms. The Bertz CT molecular complexity index is 448. The van der Waals surface area contributed by atoms with Crippen molar-refractivity contribution in [3.8, 4) is 0 Å². The third-order valence-electron chi connectivity index (χ3n) is 3.75. The number of nitrogens with one attached hydrogen (secondary N) is 2. The van der Waals surface area contributed by atoms with Gasteiger partial charge < -0.3 is 20.2 Å². The van der Waals surface area contributed by atoms with Crippen molar-refractivity contribution in [2.75, 3.05) is 0 Å². The monoisotopic (exact) mass is 280 g/mol. The van der Waals surface area contributed by atoms with Crippen LogP contribution in [0, 0.1) is 0 Å². The van der Waals surface area contributed by atoms with Crippen LogP contribution in [0.1, 0.15) is 44.1 Å². The molecule has 0 bridgehead atoms. The van der Waals surface area contributed by atoms with Gasteiger partial charge in [0.15, 0.2) is 0 Å². The standard InChI is InChI=1S/C14H20N2O4/c17-12(18)14(6-3-1-2-4-7-14)16-13(19)15-9-11-5-8-20-10-11/h5,8,10H,1-4,6-7,9H2,(H,17,18)(H2,15,16,19). The van der Waals surface area contributed by atoms with Crippen molar-refractivity contribution >= 4 is 12.0 Å². The lowest BCUT2D eigenvalue weighted by Crippen LogP contribution is -2.56. The fraction of sp³-hybridized carbons (Fsp3) is 0.571. The number of carboxylic acids is 1. The Labute approximate surface area is 117 Å². The first-order valence-corrected chi connectivity index (χ1v) is 6.93. The number of hydrogen-bond acceptors (Lipinski definition) is 3. The second kappa shape index (κ2) is 6.45. The molecule has 1 aliphatic carbocycles. The lowest BCUT2D eigenvalue weighted by molar-refractivity contribution is -0.145. The van der Waals surface area contributed by atoms with E-state index in [9.17, 15) is 14.7 Å². The highest BCUT2D eigenvalue weighted by Crippen LogP contribution is 2.27. The Morgan fingerprint density at radius 1 is 1.25 bits per heavy atom. The zero-order valence-corrected chi connectivity index (χ0v) is 11.4. The summed E-state index contributed by atoms with van der Waals surface area (Å²) in [6.07, 6.45) is 7.74. The lowest BCUT2D eigenvalue weighted by Gasteiger charge is -2.29. The molecular weight excluding hydrogens is 260 g/mol. The van der Waals surface area contributed by atoms with Crippen LogP contribution in [0.3, 0.4) is 0 Å². The molecule has 0 radical (unpaired) electrons. The molecule has 1 fully saturated rings. The summed E-state index contributed by atoms with van der Waals surface area (Å²) >= 11 is 0. The van der Waals surface area contributed by atoms with E-state index >= 15 is 0 Å². The van der Waals surface area contributed by atoms with E-state index in [0.29, 0.717) is 19.4 Å². The van der Waals surface area contributed by atoms with Gasteiger partial charge in [-0.3, -0.25) is 0 Å². The summed E-state index contributed by atoms with van der Waals surface area (Å²) in [6, 6.07) is 1.30. The summed E-state index contributed by atoms with van der Waals surface area (Å²) in [6.45, 7) is 0.317. The number of amides is 2. The van der Waals surface area contributed by atoms with E-state index in [0.717, 1.165) is 31.2 Å². The average molecular weight is 280 g/mol. The number of rotatable bonds is 4. The fourth-order valence-corrected chi connectivity index (χ4v) is 2.56. The molecule has 6 heteroatoms. The fourth-order valence-electron chi connectivity index (χ4n) is 2.56. The van der Waals surface area contributed by atoms with Crippen molar-refractivity contribution in [2.45, 2.75) is 50.6 Å². The molecule has 6 nitrogen and oxygen atoms in total. The minimum absolute atomic E-state index is 0.317. The Balaban J connectivity index is 1.93. The van der Waals surface area contributed by atoms with E-state index in [-0.39, 0.29) is 0 Å². The quantitative estimate of drug-likeness (QED) is 0.738. The highest BCUT2D eigenvalue weighted by atomic mass is 16.4. The van der Waals surface area contributed by atoms with Crippen LogP contribution >= 0.6 is 0 Å². The molecule has 1 saturated carbocycles. The number of urea groups is 1. The van der Waals surface area contributed by atoms with Crippen molar-refractivity contribution in [1.29, 1.82) is 0 Å². The Morgan fingerprint density at radius 2 is 1.95 bits per heavy atom. The van der Waals surface area contributed by atoms with Crippen molar-refractivity contribution in [1.82, 2.24) is 10.6 Å². The number of furan rings is 1. The van der Waals surface area contributed by atoms with Crippen LogP contribution in [0.25, 0.3) is 0 Å². The predicted molar refractivity (Wildman–Crippen MR) is 72.1 cm³/mol. The van der Waals surface area contributed by atoms with Gasteiger partial charge in [-0.15, -0.1) is 0 Å². The maximum absolute atomic E-state index is 11.9. The zero-order chi connectivity index (χ0) is 14.4. The molecule has 1 aromatic heterocycles. The number of hydrogen-bond donors (Lipinski definition) is 3. The minimum atomic E-state index is -1.13. The van der Waals surface area contributed by atoms with Crippen molar-refractivity contribution in [3.63, 3.8) is 0 Å². The first-order chi connectivity index (χ1) is 9.62. The number of aliphatic carboxylic acids is 1. The van der Waals surface area contributed by atoms with Crippen LogP contribution in [0.4, 0.5) is 4.79 Å². The Morgan fingerprint density at radius 3 is 2.50 bits per heavy atom. The highest BCUT2D eigenvalue weighted by molar-refractivity contribution is 5.86. The van der Waals surface area contributed by atoms with Gasteiger partial charge in [-0.05, 0) is 18.9 Å². The molecular formula is C14H20N2O4. The van der Waals surface area contributed by atoms with Gasteiger partial charge in [0.2, 0.25) is 0 Å². The van der Waals surface area contributed by atoms with Crippen LogP contribution in [-0.4, -0.2) is 22.6 Å². The molecule has 0 unspecified atom stereocenters. The molecule has 0 aliphatic heterocycles. The van der Waals surface area contributed by atoms with Crippen molar-refractivity contribution in [3.05, 3.63) is 24.2 Å². The summed E-state index contributed by atoms with van der Waals surface area (Å²) in [5.74, 6) is -0.946. The summed E-state index contributed by atoms with van der Waals surface area (Å²) in [5, 5.41) is 14.8. The van der Waals surface area contributed by atoms with Crippen LogP contribution < -0.4 is 10.6 Å². The normalized spacial score (nSPS) is 18.0. The molecule has 0 aromatic carbocycles. The molecule has 2 rings (SSSR count). The van der Waals surface area contributed by atoms with E-state index in [2.05, 4.69) is 10.6 Å².